The van der Waals surface area contributed by atoms with Crippen molar-refractivity contribution < 1.29 is 14.1 Å². The lowest BCUT2D eigenvalue weighted by Crippen LogP contribution is -2.42. The van der Waals surface area contributed by atoms with Crippen molar-refractivity contribution >= 4 is 17.5 Å². The molecule has 0 saturated carbocycles. The molecule has 1 aliphatic heterocycles. The van der Waals surface area contributed by atoms with E-state index in [1.807, 2.05) is 43.3 Å². The van der Waals surface area contributed by atoms with Crippen LogP contribution in [0.4, 0.5) is 11.6 Å². The van der Waals surface area contributed by atoms with E-state index in [4.69, 9.17) is 9.26 Å². The Bertz CT molecular complexity index is 1020. The fourth-order valence-electron chi connectivity index (χ4n) is 3.31. The van der Waals surface area contributed by atoms with E-state index in [1.54, 1.807) is 11.8 Å². The van der Waals surface area contributed by atoms with Gasteiger partial charge in [-0.15, -0.1) is 0 Å². The highest BCUT2D eigenvalue weighted by atomic mass is 16.5. The molecule has 156 valence electrons. The van der Waals surface area contributed by atoms with Crippen LogP contribution < -0.4 is 5.32 Å². The Labute approximate surface area is 174 Å². The molecule has 1 amide bonds. The normalized spacial score (nSPS) is 16.5. The zero-order valence-electron chi connectivity index (χ0n) is 17.0. The number of amides is 1. The van der Waals surface area contributed by atoms with Crippen LogP contribution in [0, 0.1) is 13.8 Å². The van der Waals surface area contributed by atoms with E-state index in [9.17, 15) is 4.79 Å². The van der Waals surface area contributed by atoms with Crippen LogP contribution >= 0.6 is 0 Å². The van der Waals surface area contributed by atoms with Gasteiger partial charge in [0, 0.05) is 25.1 Å². The van der Waals surface area contributed by atoms with Gasteiger partial charge in [-0.2, -0.15) is 4.98 Å². The van der Waals surface area contributed by atoms with Crippen LogP contribution in [0.3, 0.4) is 0 Å². The predicted octanol–water partition coefficient (Wildman–Crippen LogP) is 2.75. The molecule has 1 atom stereocenters. The first kappa shape index (κ1) is 20.0. The van der Waals surface area contributed by atoms with Gasteiger partial charge in [0.15, 0.2) is 5.82 Å². The van der Waals surface area contributed by atoms with Gasteiger partial charge in [0.2, 0.25) is 11.8 Å². The van der Waals surface area contributed by atoms with Crippen LogP contribution in [0.5, 0.6) is 0 Å². The van der Waals surface area contributed by atoms with Gasteiger partial charge in [-0.05, 0) is 38.1 Å². The van der Waals surface area contributed by atoms with Gasteiger partial charge < -0.3 is 19.5 Å². The minimum Gasteiger partial charge on any atom is -0.368 e. The summed E-state index contributed by atoms with van der Waals surface area (Å²) in [6.07, 6.45) is 0.478. The van der Waals surface area contributed by atoms with Crippen LogP contribution in [0.25, 0.3) is 0 Å². The second-order valence-corrected chi connectivity index (χ2v) is 7.17. The van der Waals surface area contributed by atoms with Gasteiger partial charge in [0.05, 0.1) is 18.8 Å². The molecule has 4 rings (SSSR count). The molecule has 0 spiro atoms. The number of morpholine rings is 1. The van der Waals surface area contributed by atoms with Crippen LogP contribution in [-0.4, -0.2) is 50.6 Å². The summed E-state index contributed by atoms with van der Waals surface area (Å²) in [5, 5.41) is 6.97. The number of aryl methyl sites for hydroxylation is 3. The number of nitrogens with one attached hydrogen (secondary N) is 1. The number of rotatable bonds is 6. The Hall–Kier alpha value is -3.33. The van der Waals surface area contributed by atoms with E-state index < -0.39 is 0 Å². The van der Waals surface area contributed by atoms with Gasteiger partial charge >= 0.3 is 0 Å². The fraction of sp³-hybridized carbons (Fsp3) is 0.381. The van der Waals surface area contributed by atoms with Crippen molar-refractivity contribution in [1.29, 1.82) is 0 Å². The summed E-state index contributed by atoms with van der Waals surface area (Å²) in [5.41, 5.74) is 1.70. The van der Waals surface area contributed by atoms with Crippen molar-refractivity contribution in [3.63, 3.8) is 0 Å². The van der Waals surface area contributed by atoms with Crippen LogP contribution in [-0.2, 0) is 16.0 Å². The molecule has 0 bridgehead atoms. The number of carbonyl (C=O) groups excluding carboxylic acids is 1. The molecular formula is C21H24N6O3. The number of hydrogen-bond donors (Lipinski definition) is 1. The summed E-state index contributed by atoms with van der Waals surface area (Å²) in [6, 6.07) is 11.5. The Morgan fingerprint density at radius 2 is 1.93 bits per heavy atom. The predicted molar refractivity (Wildman–Crippen MR) is 109 cm³/mol. The first-order chi connectivity index (χ1) is 14.6. The minimum absolute atomic E-state index is 0.0393. The van der Waals surface area contributed by atoms with Crippen molar-refractivity contribution in [3.8, 4) is 0 Å². The molecule has 3 aromatic rings. The van der Waals surface area contributed by atoms with E-state index in [2.05, 4.69) is 25.4 Å². The Morgan fingerprint density at radius 1 is 1.13 bits per heavy atom. The van der Waals surface area contributed by atoms with Crippen molar-refractivity contribution in [2.75, 3.05) is 25.0 Å². The zero-order chi connectivity index (χ0) is 20.9. The molecule has 3 aromatic heterocycles. The maximum atomic E-state index is 12.6. The number of aromatic nitrogens is 4. The molecular weight excluding hydrogens is 384 g/mol. The molecule has 9 nitrogen and oxygen atoms in total. The number of hydrogen-bond acceptors (Lipinski definition) is 8. The molecule has 1 fully saturated rings. The van der Waals surface area contributed by atoms with Crippen molar-refractivity contribution in [3.05, 3.63) is 59.5 Å². The summed E-state index contributed by atoms with van der Waals surface area (Å²) in [4.78, 5) is 27.7. The number of nitrogens with zero attached hydrogens (tertiary/aromatic N) is 5. The highest BCUT2D eigenvalue weighted by molar-refractivity contribution is 5.76. The lowest BCUT2D eigenvalue weighted by atomic mass is 10.1. The Balaban J connectivity index is 1.38. The van der Waals surface area contributed by atoms with Gasteiger partial charge in [-0.25, -0.2) is 9.97 Å². The number of ether oxygens (including phenoxy) is 1. The van der Waals surface area contributed by atoms with Crippen molar-refractivity contribution in [2.24, 2.45) is 0 Å². The summed E-state index contributed by atoms with van der Waals surface area (Å²) in [6.45, 7) is 5.18. The Morgan fingerprint density at radius 3 is 2.70 bits per heavy atom. The average Bonchev–Trinajstić information content (AvgIpc) is 3.17. The summed E-state index contributed by atoms with van der Waals surface area (Å²) in [7, 11) is 0. The maximum Gasteiger partial charge on any atom is 0.227 e. The van der Waals surface area contributed by atoms with E-state index >= 15 is 0 Å². The first-order valence-corrected chi connectivity index (χ1v) is 9.93. The molecule has 0 aromatic carbocycles. The van der Waals surface area contributed by atoms with Crippen LogP contribution in [0.1, 0.15) is 35.6 Å². The molecule has 0 radical (unpaired) electrons. The number of carbonyl (C=O) groups is 1. The van der Waals surface area contributed by atoms with Gasteiger partial charge in [0.25, 0.3) is 0 Å². The van der Waals surface area contributed by atoms with E-state index in [0.29, 0.717) is 50.1 Å². The number of anilines is 2. The second kappa shape index (κ2) is 9.00. The zero-order valence-corrected chi connectivity index (χ0v) is 17.0. The molecule has 1 aliphatic rings. The van der Waals surface area contributed by atoms with Crippen molar-refractivity contribution in [1.82, 2.24) is 25.0 Å². The lowest BCUT2D eigenvalue weighted by molar-refractivity contribution is -0.139. The molecule has 0 aliphatic carbocycles. The smallest absolute Gasteiger partial charge is 0.227 e. The third-order valence-electron chi connectivity index (χ3n) is 4.79. The lowest BCUT2D eigenvalue weighted by Gasteiger charge is -2.32. The van der Waals surface area contributed by atoms with Crippen LogP contribution in [0.15, 0.2) is 40.9 Å². The molecule has 4 heterocycles. The standard InChI is InChI=1S/C21H24N6O3/c1-14-5-3-7-18(22-14)25-19-8-4-6-16(24-19)17-13-27(11-12-29-17)21(28)10-9-20-23-15(2)26-30-20/h3-8,17H,9-13H2,1-2H3,(H,22,24,25). The number of pyridine rings is 2. The summed E-state index contributed by atoms with van der Waals surface area (Å²) in [5.74, 6) is 2.51. The molecule has 1 unspecified atom stereocenters. The SMILES string of the molecule is Cc1cccc(Nc2cccc(C3CN(C(=O)CCc4nc(C)no4)CCO3)n2)n1. The molecule has 1 saturated heterocycles. The molecule has 9 heteroatoms. The fourth-order valence-corrected chi connectivity index (χ4v) is 3.31. The minimum atomic E-state index is -0.277. The summed E-state index contributed by atoms with van der Waals surface area (Å²) < 4.78 is 11.0. The highest BCUT2D eigenvalue weighted by Gasteiger charge is 2.26. The topological polar surface area (TPSA) is 106 Å². The van der Waals surface area contributed by atoms with E-state index in [0.717, 1.165) is 17.2 Å². The van der Waals surface area contributed by atoms with Gasteiger partial charge in [-0.3, -0.25) is 4.79 Å². The molecule has 1 N–H and O–H groups in total. The summed E-state index contributed by atoms with van der Waals surface area (Å²) >= 11 is 0. The van der Waals surface area contributed by atoms with E-state index in [1.165, 1.54) is 0 Å². The Kier molecular flexibility index (Phi) is 5.99. The second-order valence-electron chi connectivity index (χ2n) is 7.17. The largest absolute Gasteiger partial charge is 0.368 e. The average molecular weight is 408 g/mol. The quantitative estimate of drug-likeness (QED) is 0.664. The van der Waals surface area contributed by atoms with Gasteiger partial charge in [0.1, 0.15) is 17.7 Å². The van der Waals surface area contributed by atoms with Crippen LogP contribution in [0.2, 0.25) is 0 Å². The highest BCUT2D eigenvalue weighted by Crippen LogP contribution is 2.23. The van der Waals surface area contributed by atoms with Crippen molar-refractivity contribution in [2.45, 2.75) is 32.8 Å². The molecule has 30 heavy (non-hydrogen) atoms. The third-order valence-corrected chi connectivity index (χ3v) is 4.79. The van der Waals surface area contributed by atoms with Gasteiger partial charge in [-0.1, -0.05) is 17.3 Å². The maximum absolute atomic E-state index is 12.6. The third kappa shape index (κ3) is 4.98. The monoisotopic (exact) mass is 408 g/mol. The van der Waals surface area contributed by atoms with E-state index in [-0.39, 0.29) is 12.0 Å². The first-order valence-electron chi connectivity index (χ1n) is 9.93.